The number of nitrogens with zero attached hydrogens (tertiary/aromatic N) is 1. The van der Waals surface area contributed by atoms with E-state index in [0.717, 1.165) is 17.4 Å². The van der Waals surface area contributed by atoms with Gasteiger partial charge in [-0.15, -0.1) is 0 Å². The lowest BCUT2D eigenvalue weighted by molar-refractivity contribution is -0.872. The fourth-order valence-electron chi connectivity index (χ4n) is 2.26. The van der Waals surface area contributed by atoms with Crippen molar-refractivity contribution < 1.29 is 9.28 Å². The van der Waals surface area contributed by atoms with Crippen LogP contribution in [0.1, 0.15) is 58.8 Å². The van der Waals surface area contributed by atoms with Crippen molar-refractivity contribution in [2.24, 2.45) is 5.92 Å². The molecule has 0 aliphatic heterocycles. The molecule has 0 heterocycles. The maximum atomic E-state index is 11.6. The van der Waals surface area contributed by atoms with E-state index in [0.29, 0.717) is 5.78 Å². The Labute approximate surface area is 108 Å². The first-order valence-electron chi connectivity index (χ1n) is 7.17. The van der Waals surface area contributed by atoms with Gasteiger partial charge in [-0.05, 0) is 13.3 Å². The Balaban J connectivity index is 3.75. The van der Waals surface area contributed by atoms with Crippen molar-refractivity contribution in [1.82, 2.24) is 0 Å². The van der Waals surface area contributed by atoms with Crippen molar-refractivity contribution >= 4 is 5.78 Å². The van der Waals surface area contributed by atoms with Gasteiger partial charge in [0.15, 0.2) is 0 Å². The second-order valence-corrected chi connectivity index (χ2v) is 6.34. The zero-order chi connectivity index (χ0) is 13.3. The van der Waals surface area contributed by atoms with Gasteiger partial charge < -0.3 is 4.48 Å². The van der Waals surface area contributed by atoms with E-state index in [1.54, 1.807) is 6.92 Å². The normalized spacial score (nSPS) is 13.7. The molecule has 0 fully saturated rings. The molecule has 0 bridgehead atoms. The number of hydrogen-bond donors (Lipinski definition) is 0. The monoisotopic (exact) mass is 242 g/mol. The van der Waals surface area contributed by atoms with Crippen molar-refractivity contribution in [2.75, 3.05) is 27.7 Å². The van der Waals surface area contributed by atoms with Crippen molar-refractivity contribution in [1.29, 1.82) is 0 Å². The summed E-state index contributed by atoms with van der Waals surface area (Å²) in [5, 5.41) is 0. The molecule has 0 amide bonds. The number of carbonyl (C=O) groups is 1. The first-order chi connectivity index (χ1) is 7.87. The van der Waals surface area contributed by atoms with Crippen LogP contribution in [-0.4, -0.2) is 38.0 Å². The second kappa shape index (κ2) is 8.68. The highest BCUT2D eigenvalue weighted by molar-refractivity contribution is 5.78. The first kappa shape index (κ1) is 16.6. The Kier molecular flexibility index (Phi) is 8.49. The molecular weight excluding hydrogens is 210 g/mol. The third kappa shape index (κ3) is 10.5. The molecule has 0 spiro atoms. The lowest BCUT2D eigenvalue weighted by Gasteiger charge is -2.28. The molecule has 0 aliphatic carbocycles. The van der Waals surface area contributed by atoms with Crippen LogP contribution in [0.25, 0.3) is 0 Å². The molecular formula is C15H32NO+. The third-order valence-corrected chi connectivity index (χ3v) is 3.25. The van der Waals surface area contributed by atoms with E-state index in [2.05, 4.69) is 28.1 Å². The number of rotatable bonds is 10. The van der Waals surface area contributed by atoms with Gasteiger partial charge in [0.05, 0.1) is 33.6 Å². The predicted octanol–water partition coefficient (Wildman–Crippen LogP) is 3.65. The highest BCUT2D eigenvalue weighted by Gasteiger charge is 2.21. The summed E-state index contributed by atoms with van der Waals surface area (Å²) >= 11 is 0. The molecule has 1 atom stereocenters. The Morgan fingerprint density at radius 3 is 2.00 bits per heavy atom. The summed E-state index contributed by atoms with van der Waals surface area (Å²) in [6, 6.07) is 0. The van der Waals surface area contributed by atoms with Crippen LogP contribution in [0.4, 0.5) is 0 Å². The minimum Gasteiger partial charge on any atom is -0.330 e. The van der Waals surface area contributed by atoms with Gasteiger partial charge in [-0.3, -0.25) is 4.79 Å². The maximum Gasteiger partial charge on any atom is 0.138 e. The molecule has 2 nitrogen and oxygen atoms in total. The predicted molar refractivity (Wildman–Crippen MR) is 75.1 cm³/mol. The number of unbranched alkanes of at least 4 members (excludes halogenated alkanes) is 5. The van der Waals surface area contributed by atoms with Crippen LogP contribution in [0, 0.1) is 5.92 Å². The zero-order valence-electron chi connectivity index (χ0n) is 12.6. The molecule has 0 saturated heterocycles. The Bertz CT molecular complexity index is 205. The van der Waals surface area contributed by atoms with E-state index >= 15 is 0 Å². The molecule has 0 aromatic rings. The van der Waals surface area contributed by atoms with E-state index in [1.807, 2.05) is 0 Å². The molecule has 0 aromatic carbocycles. The van der Waals surface area contributed by atoms with Gasteiger partial charge in [0.25, 0.3) is 0 Å². The van der Waals surface area contributed by atoms with Crippen LogP contribution in [0.2, 0.25) is 0 Å². The summed E-state index contributed by atoms with van der Waals surface area (Å²) in [6.45, 7) is 4.97. The van der Waals surface area contributed by atoms with Gasteiger partial charge >= 0.3 is 0 Å². The summed E-state index contributed by atoms with van der Waals surface area (Å²) < 4.78 is 0.889. The standard InChI is InChI=1S/C15H32NO/c1-6-7-8-9-10-11-12-15(14(2)17)13-16(3,4)5/h15H,6-13H2,1-5H3/q+1. The maximum absolute atomic E-state index is 11.6. The molecule has 1 unspecified atom stereocenters. The van der Waals surface area contributed by atoms with Gasteiger partial charge in [0.2, 0.25) is 0 Å². The van der Waals surface area contributed by atoms with Crippen molar-refractivity contribution in [3.63, 3.8) is 0 Å². The quantitative estimate of drug-likeness (QED) is 0.422. The Hall–Kier alpha value is -0.370. The number of carbonyl (C=O) groups excluding carboxylic acids is 1. The van der Waals surface area contributed by atoms with Crippen LogP contribution in [0.15, 0.2) is 0 Å². The lowest BCUT2D eigenvalue weighted by Crippen LogP contribution is -2.41. The molecule has 0 aromatic heterocycles. The zero-order valence-corrected chi connectivity index (χ0v) is 12.6. The molecule has 0 aliphatic rings. The van der Waals surface area contributed by atoms with E-state index in [-0.39, 0.29) is 5.92 Å². The highest BCUT2D eigenvalue weighted by Crippen LogP contribution is 2.15. The smallest absolute Gasteiger partial charge is 0.138 e. The third-order valence-electron chi connectivity index (χ3n) is 3.25. The fourth-order valence-corrected chi connectivity index (χ4v) is 2.26. The summed E-state index contributed by atoms with van der Waals surface area (Å²) in [4.78, 5) is 11.6. The molecule has 0 saturated carbocycles. The molecule has 102 valence electrons. The minimum atomic E-state index is 0.265. The highest BCUT2D eigenvalue weighted by atomic mass is 16.1. The van der Waals surface area contributed by atoms with Crippen molar-refractivity contribution in [2.45, 2.75) is 58.8 Å². The van der Waals surface area contributed by atoms with Gasteiger partial charge in [-0.2, -0.15) is 0 Å². The number of quaternary nitrogens is 1. The second-order valence-electron chi connectivity index (χ2n) is 6.34. The topological polar surface area (TPSA) is 17.1 Å². The summed E-state index contributed by atoms with van der Waals surface area (Å²) in [6.07, 6.45) is 8.94. The molecule has 17 heavy (non-hydrogen) atoms. The van der Waals surface area contributed by atoms with Crippen LogP contribution in [0.5, 0.6) is 0 Å². The van der Waals surface area contributed by atoms with E-state index in [9.17, 15) is 4.79 Å². The van der Waals surface area contributed by atoms with Crippen molar-refractivity contribution in [3.8, 4) is 0 Å². The van der Waals surface area contributed by atoms with Gasteiger partial charge in [0, 0.05) is 0 Å². The average Bonchev–Trinajstić information content (AvgIpc) is 2.19. The van der Waals surface area contributed by atoms with Crippen LogP contribution in [0.3, 0.4) is 0 Å². The largest absolute Gasteiger partial charge is 0.330 e. The summed E-state index contributed by atoms with van der Waals surface area (Å²) in [5.41, 5.74) is 0. The van der Waals surface area contributed by atoms with E-state index < -0.39 is 0 Å². The average molecular weight is 242 g/mol. The molecule has 0 radical (unpaired) electrons. The van der Waals surface area contributed by atoms with Crippen LogP contribution < -0.4 is 0 Å². The van der Waals surface area contributed by atoms with Gasteiger partial charge in [-0.1, -0.05) is 45.4 Å². The Morgan fingerprint density at radius 2 is 1.53 bits per heavy atom. The van der Waals surface area contributed by atoms with E-state index in [1.165, 1.54) is 38.5 Å². The molecule has 2 heteroatoms. The number of Topliss-reactive ketones (excluding diaryl/α,β-unsaturated/α-hetero) is 1. The SMILES string of the molecule is CCCCCCCCC(C[N+](C)(C)C)C(C)=O. The first-order valence-corrected chi connectivity index (χ1v) is 7.17. The number of hydrogen-bond acceptors (Lipinski definition) is 1. The van der Waals surface area contributed by atoms with Gasteiger partial charge in [0.1, 0.15) is 5.78 Å². The molecule has 0 rings (SSSR count). The van der Waals surface area contributed by atoms with Crippen LogP contribution in [-0.2, 0) is 4.79 Å². The lowest BCUT2D eigenvalue weighted by atomic mass is 9.96. The summed E-state index contributed by atoms with van der Waals surface area (Å²) in [5.74, 6) is 0.632. The Morgan fingerprint density at radius 1 is 1.00 bits per heavy atom. The summed E-state index contributed by atoms with van der Waals surface area (Å²) in [7, 11) is 6.49. The minimum absolute atomic E-state index is 0.265. The van der Waals surface area contributed by atoms with Gasteiger partial charge in [-0.25, -0.2) is 0 Å². The molecule has 0 N–H and O–H groups in total. The van der Waals surface area contributed by atoms with E-state index in [4.69, 9.17) is 0 Å². The fraction of sp³-hybridized carbons (Fsp3) is 0.933. The number of ketones is 1. The van der Waals surface area contributed by atoms with Crippen LogP contribution >= 0.6 is 0 Å². The van der Waals surface area contributed by atoms with Crippen molar-refractivity contribution in [3.05, 3.63) is 0 Å².